The second kappa shape index (κ2) is 4.25. The normalized spacial score (nSPS) is 14.7. The van der Waals surface area contributed by atoms with Crippen LogP contribution in [0.2, 0.25) is 0 Å². The van der Waals surface area contributed by atoms with Gasteiger partial charge in [-0.3, -0.25) is 9.48 Å². The summed E-state index contributed by atoms with van der Waals surface area (Å²) in [6.07, 6.45) is 2.41. The lowest BCUT2D eigenvalue weighted by molar-refractivity contribution is 0.0721. The zero-order valence-electron chi connectivity index (χ0n) is 10.2. The first-order valence-corrected chi connectivity index (χ1v) is 5.96. The Bertz CT molecular complexity index is 590. The smallest absolute Gasteiger partial charge is 0.254 e. The molecule has 3 rings (SSSR count). The van der Waals surface area contributed by atoms with E-state index in [9.17, 15) is 4.79 Å². The van der Waals surface area contributed by atoms with Crippen LogP contribution < -0.4 is 0 Å². The third-order valence-corrected chi connectivity index (χ3v) is 3.32. The summed E-state index contributed by atoms with van der Waals surface area (Å²) < 4.78 is 1.70. The highest BCUT2D eigenvalue weighted by Gasteiger charge is 2.24. The number of hydrogen-bond donors (Lipinski definition) is 0. The number of nitrogens with zero attached hydrogens (tertiary/aromatic N) is 4. The molecule has 2 heterocycles. The summed E-state index contributed by atoms with van der Waals surface area (Å²) in [5, 5.41) is 4.02. The predicted molar refractivity (Wildman–Crippen MR) is 65.9 cm³/mol. The van der Waals surface area contributed by atoms with Crippen LogP contribution in [-0.4, -0.2) is 32.1 Å². The van der Waals surface area contributed by atoms with Crippen LogP contribution >= 0.6 is 0 Å². The van der Waals surface area contributed by atoms with Gasteiger partial charge in [-0.05, 0) is 18.1 Å². The Kier molecular flexibility index (Phi) is 2.59. The van der Waals surface area contributed by atoms with Crippen molar-refractivity contribution in [2.24, 2.45) is 7.05 Å². The van der Waals surface area contributed by atoms with Gasteiger partial charge in [-0.1, -0.05) is 18.2 Å². The van der Waals surface area contributed by atoms with Crippen molar-refractivity contribution >= 4 is 5.91 Å². The molecule has 0 saturated carbocycles. The maximum atomic E-state index is 12.3. The lowest BCUT2D eigenvalue weighted by atomic mass is 9.99. The maximum absolute atomic E-state index is 12.3. The average Bonchev–Trinajstić information content (AvgIpc) is 2.79. The molecule has 5 heteroatoms. The van der Waals surface area contributed by atoms with Crippen LogP contribution in [0.25, 0.3) is 0 Å². The molecule has 0 aliphatic carbocycles. The molecule has 0 bridgehead atoms. The Balaban J connectivity index is 1.85. The highest BCUT2D eigenvalue weighted by Crippen LogP contribution is 2.19. The van der Waals surface area contributed by atoms with E-state index in [-0.39, 0.29) is 5.91 Å². The standard InChI is InChI=1S/C13H14N4O/c1-16-12(14-9-15-16)8-17-7-6-10-4-2-3-5-11(10)13(17)18/h2-5,9H,6-8H2,1H3. The first-order chi connectivity index (χ1) is 8.75. The summed E-state index contributed by atoms with van der Waals surface area (Å²) in [5.74, 6) is 0.891. The van der Waals surface area contributed by atoms with Gasteiger partial charge in [0.15, 0.2) is 0 Å². The first kappa shape index (κ1) is 11.0. The third kappa shape index (κ3) is 1.77. The number of amides is 1. The summed E-state index contributed by atoms with van der Waals surface area (Å²) in [7, 11) is 1.84. The number of fused-ring (bicyclic) bond motifs is 1. The summed E-state index contributed by atoms with van der Waals surface area (Å²) in [6, 6.07) is 7.79. The number of carbonyl (C=O) groups is 1. The van der Waals surface area contributed by atoms with Gasteiger partial charge in [-0.25, -0.2) is 4.98 Å². The van der Waals surface area contributed by atoms with E-state index in [0.29, 0.717) is 6.54 Å². The largest absolute Gasteiger partial charge is 0.331 e. The predicted octanol–water partition coefficient (Wildman–Crippen LogP) is 1.01. The molecule has 2 aromatic rings. The van der Waals surface area contributed by atoms with Crippen molar-refractivity contribution in [1.82, 2.24) is 19.7 Å². The van der Waals surface area contributed by atoms with Gasteiger partial charge >= 0.3 is 0 Å². The van der Waals surface area contributed by atoms with Crippen molar-refractivity contribution in [3.63, 3.8) is 0 Å². The van der Waals surface area contributed by atoms with Crippen molar-refractivity contribution in [2.45, 2.75) is 13.0 Å². The van der Waals surface area contributed by atoms with Crippen LogP contribution in [0.15, 0.2) is 30.6 Å². The fraction of sp³-hybridized carbons (Fsp3) is 0.308. The quantitative estimate of drug-likeness (QED) is 0.790. The van der Waals surface area contributed by atoms with Crippen molar-refractivity contribution in [1.29, 1.82) is 0 Å². The van der Waals surface area contributed by atoms with Crippen LogP contribution in [0.3, 0.4) is 0 Å². The minimum atomic E-state index is 0.0832. The Morgan fingerprint density at radius 3 is 2.94 bits per heavy atom. The van der Waals surface area contributed by atoms with Crippen LogP contribution in [0.4, 0.5) is 0 Å². The van der Waals surface area contributed by atoms with Crippen LogP contribution in [0.1, 0.15) is 21.7 Å². The van der Waals surface area contributed by atoms with E-state index in [1.165, 1.54) is 6.33 Å². The maximum Gasteiger partial charge on any atom is 0.254 e. The second-order valence-corrected chi connectivity index (χ2v) is 4.43. The number of aryl methyl sites for hydroxylation is 1. The molecule has 1 aromatic carbocycles. The van der Waals surface area contributed by atoms with Crippen molar-refractivity contribution < 1.29 is 4.79 Å². The fourth-order valence-electron chi connectivity index (χ4n) is 2.26. The molecule has 0 unspecified atom stereocenters. The Hall–Kier alpha value is -2.17. The van der Waals surface area contributed by atoms with Crippen molar-refractivity contribution in [3.8, 4) is 0 Å². The van der Waals surface area contributed by atoms with Crippen LogP contribution in [0.5, 0.6) is 0 Å². The molecule has 0 spiro atoms. The molecule has 0 atom stereocenters. The Morgan fingerprint density at radius 2 is 2.17 bits per heavy atom. The fourth-order valence-corrected chi connectivity index (χ4v) is 2.26. The molecule has 1 aliphatic rings. The Labute approximate surface area is 105 Å². The van der Waals surface area contributed by atoms with Gasteiger partial charge in [-0.15, -0.1) is 0 Å². The molecule has 1 aliphatic heterocycles. The molecule has 0 fully saturated rings. The average molecular weight is 242 g/mol. The molecule has 0 radical (unpaired) electrons. The van der Waals surface area contributed by atoms with E-state index in [2.05, 4.69) is 10.1 Å². The van der Waals surface area contributed by atoms with E-state index in [1.807, 2.05) is 36.2 Å². The highest BCUT2D eigenvalue weighted by molar-refractivity contribution is 5.96. The summed E-state index contributed by atoms with van der Waals surface area (Å²) >= 11 is 0. The number of benzene rings is 1. The molecule has 0 saturated heterocycles. The highest BCUT2D eigenvalue weighted by atomic mass is 16.2. The molecular weight excluding hydrogens is 228 g/mol. The van der Waals surface area contributed by atoms with Crippen LogP contribution in [0, 0.1) is 0 Å². The monoisotopic (exact) mass is 242 g/mol. The van der Waals surface area contributed by atoms with Gasteiger partial charge in [0.05, 0.1) is 6.54 Å². The zero-order chi connectivity index (χ0) is 12.5. The van der Waals surface area contributed by atoms with Gasteiger partial charge < -0.3 is 4.90 Å². The summed E-state index contributed by atoms with van der Waals surface area (Å²) in [4.78, 5) is 18.3. The van der Waals surface area contributed by atoms with E-state index in [1.54, 1.807) is 4.68 Å². The third-order valence-electron chi connectivity index (χ3n) is 3.32. The molecule has 1 amide bonds. The minimum Gasteiger partial charge on any atom is -0.331 e. The van der Waals surface area contributed by atoms with Crippen molar-refractivity contribution in [2.75, 3.05) is 6.54 Å². The number of hydrogen-bond acceptors (Lipinski definition) is 3. The van der Waals surface area contributed by atoms with E-state index in [4.69, 9.17) is 0 Å². The number of carbonyl (C=O) groups excluding carboxylic acids is 1. The number of aromatic nitrogens is 3. The molecule has 5 nitrogen and oxygen atoms in total. The van der Waals surface area contributed by atoms with Gasteiger partial charge in [0, 0.05) is 19.2 Å². The Morgan fingerprint density at radius 1 is 1.33 bits per heavy atom. The lowest BCUT2D eigenvalue weighted by Crippen LogP contribution is -2.37. The minimum absolute atomic E-state index is 0.0832. The van der Waals surface area contributed by atoms with Crippen molar-refractivity contribution in [3.05, 3.63) is 47.5 Å². The van der Waals surface area contributed by atoms with E-state index >= 15 is 0 Å². The second-order valence-electron chi connectivity index (χ2n) is 4.43. The molecule has 1 aromatic heterocycles. The first-order valence-electron chi connectivity index (χ1n) is 5.96. The van der Waals surface area contributed by atoms with Gasteiger partial charge in [-0.2, -0.15) is 5.10 Å². The molecular formula is C13H14N4O. The molecule has 18 heavy (non-hydrogen) atoms. The lowest BCUT2D eigenvalue weighted by Gasteiger charge is -2.28. The molecule has 92 valence electrons. The molecule has 0 N–H and O–H groups in total. The van der Waals surface area contributed by atoms with Crippen LogP contribution in [-0.2, 0) is 20.0 Å². The van der Waals surface area contributed by atoms with E-state index in [0.717, 1.165) is 29.9 Å². The summed E-state index contributed by atoms with van der Waals surface area (Å²) in [6.45, 7) is 1.26. The zero-order valence-corrected chi connectivity index (χ0v) is 10.2. The topological polar surface area (TPSA) is 51.0 Å². The summed E-state index contributed by atoms with van der Waals surface area (Å²) in [5.41, 5.74) is 1.95. The van der Waals surface area contributed by atoms with E-state index < -0.39 is 0 Å². The van der Waals surface area contributed by atoms with Gasteiger partial charge in [0.2, 0.25) is 0 Å². The SMILES string of the molecule is Cn1ncnc1CN1CCc2ccccc2C1=O. The number of rotatable bonds is 2. The van der Waals surface area contributed by atoms with Gasteiger partial charge in [0.1, 0.15) is 12.2 Å². The van der Waals surface area contributed by atoms with Gasteiger partial charge in [0.25, 0.3) is 5.91 Å².